The van der Waals surface area contributed by atoms with Gasteiger partial charge in [0.25, 0.3) is 0 Å². The van der Waals surface area contributed by atoms with Gasteiger partial charge < -0.3 is 15.0 Å². The first-order chi connectivity index (χ1) is 9.81. The average Bonchev–Trinajstić information content (AvgIpc) is 3.38. The van der Waals surface area contributed by atoms with Crippen LogP contribution in [-0.2, 0) is 6.54 Å². The highest BCUT2D eigenvalue weighted by Gasteiger charge is 2.47. The Morgan fingerprint density at radius 1 is 1.25 bits per heavy atom. The molecular formula is C16H21N3O. The Kier molecular flexibility index (Phi) is 2.82. The molecule has 2 aromatic rings. The molecule has 0 bridgehead atoms. The maximum absolute atomic E-state index is 10.0. The number of para-hydroxylation sites is 2. The zero-order chi connectivity index (χ0) is 13.6. The Balaban J connectivity index is 1.66. The molecule has 0 spiro atoms. The van der Waals surface area contributed by atoms with E-state index in [0.717, 1.165) is 17.6 Å². The van der Waals surface area contributed by atoms with Crippen molar-refractivity contribution in [1.82, 2.24) is 14.9 Å². The Bertz CT molecular complexity index is 615. The molecule has 4 rings (SSSR count). The van der Waals surface area contributed by atoms with Crippen LogP contribution in [-0.4, -0.2) is 32.8 Å². The molecule has 4 heteroatoms. The Morgan fingerprint density at radius 2 is 2.05 bits per heavy atom. The second-order valence-electron chi connectivity index (χ2n) is 6.37. The minimum atomic E-state index is -0.162. The van der Waals surface area contributed by atoms with E-state index in [-0.39, 0.29) is 12.1 Å². The lowest BCUT2D eigenvalue weighted by molar-refractivity contribution is 0.121. The lowest BCUT2D eigenvalue weighted by Crippen LogP contribution is -2.54. The Labute approximate surface area is 118 Å². The third-order valence-electron chi connectivity index (χ3n) is 4.69. The van der Waals surface area contributed by atoms with Crippen molar-refractivity contribution < 1.29 is 5.11 Å². The van der Waals surface area contributed by atoms with E-state index in [1.54, 1.807) is 0 Å². The van der Waals surface area contributed by atoms with Gasteiger partial charge in [0.2, 0.25) is 0 Å². The van der Waals surface area contributed by atoms with Gasteiger partial charge in [0.15, 0.2) is 0 Å². The summed E-state index contributed by atoms with van der Waals surface area (Å²) < 4.78 is 2.19. The predicted molar refractivity (Wildman–Crippen MR) is 78.4 cm³/mol. The highest BCUT2D eigenvalue weighted by atomic mass is 16.3. The molecule has 0 aliphatic heterocycles. The van der Waals surface area contributed by atoms with Gasteiger partial charge in [-0.3, -0.25) is 0 Å². The summed E-state index contributed by atoms with van der Waals surface area (Å²) in [4.78, 5) is 4.47. The van der Waals surface area contributed by atoms with Gasteiger partial charge in [-0.2, -0.15) is 0 Å². The highest BCUT2D eigenvalue weighted by molar-refractivity contribution is 5.74. The van der Waals surface area contributed by atoms with Crippen LogP contribution >= 0.6 is 0 Å². The van der Waals surface area contributed by atoms with Gasteiger partial charge in [-0.25, -0.2) is 4.98 Å². The number of hydrogen-bond acceptors (Lipinski definition) is 3. The molecule has 2 saturated carbocycles. The summed E-state index contributed by atoms with van der Waals surface area (Å²) in [6, 6.07) is 8.82. The summed E-state index contributed by atoms with van der Waals surface area (Å²) in [5.41, 5.74) is 2.02. The van der Waals surface area contributed by atoms with E-state index >= 15 is 0 Å². The Morgan fingerprint density at radius 3 is 2.75 bits per heavy atom. The van der Waals surface area contributed by atoms with Gasteiger partial charge in [-0.15, -0.1) is 0 Å². The molecule has 20 heavy (non-hydrogen) atoms. The van der Waals surface area contributed by atoms with E-state index in [9.17, 15) is 5.11 Å². The third-order valence-corrected chi connectivity index (χ3v) is 4.69. The minimum absolute atomic E-state index is 0.162. The average molecular weight is 271 g/mol. The first kappa shape index (κ1) is 12.4. The summed E-state index contributed by atoms with van der Waals surface area (Å²) >= 11 is 0. The van der Waals surface area contributed by atoms with Gasteiger partial charge in [0, 0.05) is 12.6 Å². The molecular weight excluding hydrogens is 250 g/mol. The lowest BCUT2D eigenvalue weighted by Gasteiger charge is -2.34. The summed E-state index contributed by atoms with van der Waals surface area (Å²) in [7, 11) is 0. The molecule has 0 saturated heterocycles. The number of aliphatic hydroxyl groups is 1. The summed E-state index contributed by atoms with van der Waals surface area (Å²) in [5, 5.41) is 13.8. The van der Waals surface area contributed by atoms with Crippen LogP contribution in [0.2, 0.25) is 0 Å². The van der Waals surface area contributed by atoms with E-state index < -0.39 is 0 Å². The summed E-state index contributed by atoms with van der Waals surface area (Å²) in [6.07, 6.45) is 6.87. The molecule has 1 heterocycles. The van der Waals surface area contributed by atoms with Crippen LogP contribution in [0.5, 0.6) is 0 Å². The van der Waals surface area contributed by atoms with Crippen molar-refractivity contribution in [1.29, 1.82) is 0 Å². The standard InChI is InChI=1S/C16H21N3O/c20-10-16(12-5-6-12,18-13-7-8-13)9-19-11-17-14-3-1-2-4-15(14)19/h1-4,11-13,18,20H,5-10H2. The fourth-order valence-corrected chi connectivity index (χ4v) is 3.23. The molecule has 106 valence electrons. The topological polar surface area (TPSA) is 50.1 Å². The SMILES string of the molecule is OCC(Cn1cnc2ccccc21)(NC1CC1)C1CC1. The summed E-state index contributed by atoms with van der Waals surface area (Å²) in [5.74, 6) is 0.606. The minimum Gasteiger partial charge on any atom is -0.394 e. The van der Waals surface area contributed by atoms with Crippen molar-refractivity contribution >= 4 is 11.0 Å². The van der Waals surface area contributed by atoms with E-state index in [2.05, 4.69) is 20.9 Å². The molecule has 1 unspecified atom stereocenters. The van der Waals surface area contributed by atoms with Crippen LogP contribution < -0.4 is 5.32 Å². The molecule has 0 radical (unpaired) electrons. The number of imidazole rings is 1. The van der Waals surface area contributed by atoms with Crippen molar-refractivity contribution in [3.8, 4) is 0 Å². The number of aromatic nitrogens is 2. The van der Waals surface area contributed by atoms with Crippen LogP contribution in [0.1, 0.15) is 25.7 Å². The molecule has 1 atom stereocenters. The third kappa shape index (κ3) is 2.13. The molecule has 1 aromatic heterocycles. The smallest absolute Gasteiger partial charge is 0.0958 e. The predicted octanol–water partition coefficient (Wildman–Crippen LogP) is 1.93. The molecule has 2 aliphatic rings. The number of nitrogens with one attached hydrogen (secondary N) is 1. The maximum atomic E-state index is 10.0. The van der Waals surface area contributed by atoms with Crippen LogP contribution in [0.25, 0.3) is 11.0 Å². The van der Waals surface area contributed by atoms with Gasteiger partial charge in [0.1, 0.15) is 0 Å². The summed E-state index contributed by atoms with van der Waals surface area (Å²) in [6.45, 7) is 1.02. The van der Waals surface area contributed by atoms with E-state index in [0.29, 0.717) is 12.0 Å². The van der Waals surface area contributed by atoms with Crippen molar-refractivity contribution in [3.63, 3.8) is 0 Å². The lowest BCUT2D eigenvalue weighted by atomic mass is 9.93. The normalized spacial score (nSPS) is 22.1. The van der Waals surface area contributed by atoms with Crippen LogP contribution in [0, 0.1) is 5.92 Å². The number of rotatable bonds is 6. The quantitative estimate of drug-likeness (QED) is 0.844. The Hall–Kier alpha value is -1.39. The molecule has 1 aromatic carbocycles. The molecule has 2 fully saturated rings. The number of nitrogens with zero attached hydrogens (tertiary/aromatic N) is 2. The zero-order valence-electron chi connectivity index (χ0n) is 11.6. The van der Waals surface area contributed by atoms with Crippen LogP contribution in [0.3, 0.4) is 0 Å². The molecule has 0 amide bonds. The van der Waals surface area contributed by atoms with Crippen LogP contribution in [0.4, 0.5) is 0 Å². The van der Waals surface area contributed by atoms with Gasteiger partial charge in [0.05, 0.1) is 29.5 Å². The van der Waals surface area contributed by atoms with Gasteiger partial charge in [-0.05, 0) is 43.7 Å². The van der Waals surface area contributed by atoms with E-state index in [1.807, 2.05) is 24.5 Å². The van der Waals surface area contributed by atoms with Crippen molar-refractivity contribution in [2.75, 3.05) is 6.61 Å². The van der Waals surface area contributed by atoms with Gasteiger partial charge >= 0.3 is 0 Å². The first-order valence-electron chi connectivity index (χ1n) is 7.59. The molecule has 4 nitrogen and oxygen atoms in total. The highest BCUT2D eigenvalue weighted by Crippen LogP contribution is 2.42. The number of hydrogen-bond donors (Lipinski definition) is 2. The number of benzene rings is 1. The van der Waals surface area contributed by atoms with Gasteiger partial charge in [-0.1, -0.05) is 12.1 Å². The molecule has 2 N–H and O–H groups in total. The second-order valence-corrected chi connectivity index (χ2v) is 6.37. The molecule has 2 aliphatic carbocycles. The van der Waals surface area contributed by atoms with Crippen molar-refractivity contribution in [2.24, 2.45) is 5.92 Å². The number of fused-ring (bicyclic) bond motifs is 1. The van der Waals surface area contributed by atoms with Crippen molar-refractivity contribution in [2.45, 2.75) is 43.8 Å². The van der Waals surface area contributed by atoms with E-state index in [1.165, 1.54) is 25.7 Å². The first-order valence-corrected chi connectivity index (χ1v) is 7.59. The largest absolute Gasteiger partial charge is 0.394 e. The van der Waals surface area contributed by atoms with E-state index in [4.69, 9.17) is 0 Å². The fraction of sp³-hybridized carbons (Fsp3) is 0.562. The second kappa shape index (κ2) is 4.57. The van der Waals surface area contributed by atoms with Crippen molar-refractivity contribution in [3.05, 3.63) is 30.6 Å². The zero-order valence-corrected chi connectivity index (χ0v) is 11.6. The fourth-order valence-electron chi connectivity index (χ4n) is 3.23. The maximum Gasteiger partial charge on any atom is 0.0958 e. The number of aliphatic hydroxyl groups excluding tert-OH is 1. The monoisotopic (exact) mass is 271 g/mol. The van der Waals surface area contributed by atoms with Crippen LogP contribution in [0.15, 0.2) is 30.6 Å².